The van der Waals surface area contributed by atoms with Gasteiger partial charge in [0.1, 0.15) is 5.75 Å². The zero-order chi connectivity index (χ0) is 19.2. The Hall–Kier alpha value is -3.40. The third-order valence-corrected chi connectivity index (χ3v) is 4.78. The zero-order valence-electron chi connectivity index (χ0n) is 15.9. The molecule has 4 heteroatoms. The topological polar surface area (TPSA) is 47.0 Å². The third kappa shape index (κ3) is 4.12. The molecule has 0 amide bonds. The van der Waals surface area contributed by atoms with Gasteiger partial charge in [0, 0.05) is 35.6 Å². The molecule has 4 aromatic rings. The second kappa shape index (κ2) is 8.53. The van der Waals surface area contributed by atoms with E-state index in [1.54, 1.807) is 7.11 Å². The van der Waals surface area contributed by atoms with Crippen molar-refractivity contribution in [3.63, 3.8) is 0 Å². The van der Waals surface area contributed by atoms with Crippen molar-refractivity contribution in [2.75, 3.05) is 19.0 Å². The van der Waals surface area contributed by atoms with Gasteiger partial charge in [-0.05, 0) is 60.9 Å². The molecule has 0 fully saturated rings. The van der Waals surface area contributed by atoms with Crippen molar-refractivity contribution in [3.05, 3.63) is 84.7 Å². The van der Waals surface area contributed by atoms with Crippen molar-refractivity contribution in [1.82, 2.24) is 9.97 Å². The standard InChI is InChI=1S/C24H23N3O/c1-28-20-12-10-19(11-13-20)23-16-24(21-8-2-3-9-22(21)27-23)26-15-5-7-18-6-4-14-25-17-18/h2-4,6,8-14,16-17H,5,7,15H2,1H3,(H,26,27). The normalized spacial score (nSPS) is 10.8. The largest absolute Gasteiger partial charge is 0.497 e. The van der Waals surface area contributed by atoms with Gasteiger partial charge >= 0.3 is 0 Å². The molecule has 0 aliphatic heterocycles. The number of hydrogen-bond acceptors (Lipinski definition) is 4. The number of aryl methyl sites for hydroxylation is 1. The number of rotatable bonds is 7. The quantitative estimate of drug-likeness (QED) is 0.446. The lowest BCUT2D eigenvalue weighted by atomic mass is 10.1. The minimum atomic E-state index is 0.846. The van der Waals surface area contributed by atoms with Crippen LogP contribution in [0.2, 0.25) is 0 Å². The Balaban J connectivity index is 1.55. The number of nitrogens with one attached hydrogen (secondary N) is 1. The van der Waals surface area contributed by atoms with Crippen molar-refractivity contribution in [3.8, 4) is 17.0 Å². The zero-order valence-corrected chi connectivity index (χ0v) is 15.9. The molecule has 0 aliphatic carbocycles. The van der Waals surface area contributed by atoms with E-state index in [0.717, 1.165) is 53.0 Å². The lowest BCUT2D eigenvalue weighted by Crippen LogP contribution is -2.04. The number of para-hydroxylation sites is 1. The highest BCUT2D eigenvalue weighted by Crippen LogP contribution is 2.29. The van der Waals surface area contributed by atoms with Crippen molar-refractivity contribution in [2.24, 2.45) is 0 Å². The van der Waals surface area contributed by atoms with Gasteiger partial charge in [0.15, 0.2) is 0 Å². The van der Waals surface area contributed by atoms with Gasteiger partial charge in [0.25, 0.3) is 0 Å². The number of benzene rings is 2. The molecular formula is C24H23N3O. The Labute approximate surface area is 165 Å². The molecule has 0 unspecified atom stereocenters. The summed E-state index contributed by atoms with van der Waals surface area (Å²) in [6.07, 6.45) is 5.80. The summed E-state index contributed by atoms with van der Waals surface area (Å²) in [5.41, 5.74) is 5.40. The molecule has 4 nitrogen and oxygen atoms in total. The molecule has 0 atom stereocenters. The van der Waals surface area contributed by atoms with E-state index in [1.807, 2.05) is 48.8 Å². The van der Waals surface area contributed by atoms with Crippen LogP contribution in [0.4, 0.5) is 5.69 Å². The van der Waals surface area contributed by atoms with Crippen LogP contribution in [0.15, 0.2) is 79.1 Å². The predicted octanol–water partition coefficient (Wildman–Crippen LogP) is 5.35. The van der Waals surface area contributed by atoms with Gasteiger partial charge < -0.3 is 10.1 Å². The number of anilines is 1. The average molecular weight is 369 g/mol. The fraction of sp³-hybridized carbons (Fsp3) is 0.167. The Bertz CT molecular complexity index is 1050. The SMILES string of the molecule is COc1ccc(-c2cc(NCCCc3cccnc3)c3ccccc3n2)cc1. The minimum Gasteiger partial charge on any atom is -0.497 e. The summed E-state index contributed by atoms with van der Waals surface area (Å²) in [6, 6.07) is 22.5. The van der Waals surface area contributed by atoms with Crippen LogP contribution in [0.25, 0.3) is 22.2 Å². The maximum atomic E-state index is 5.26. The Morgan fingerprint density at radius 3 is 2.61 bits per heavy atom. The summed E-state index contributed by atoms with van der Waals surface area (Å²) in [6.45, 7) is 0.894. The molecule has 4 rings (SSSR count). The minimum absolute atomic E-state index is 0.846. The van der Waals surface area contributed by atoms with Gasteiger partial charge in [-0.1, -0.05) is 24.3 Å². The monoisotopic (exact) mass is 369 g/mol. The second-order valence-corrected chi connectivity index (χ2v) is 6.69. The summed E-state index contributed by atoms with van der Waals surface area (Å²) >= 11 is 0. The Morgan fingerprint density at radius 2 is 1.82 bits per heavy atom. The maximum Gasteiger partial charge on any atom is 0.118 e. The molecular weight excluding hydrogens is 346 g/mol. The Kier molecular flexibility index (Phi) is 5.48. The fourth-order valence-corrected chi connectivity index (χ4v) is 3.29. The van der Waals surface area contributed by atoms with Crippen molar-refractivity contribution < 1.29 is 4.74 Å². The van der Waals surface area contributed by atoms with E-state index in [4.69, 9.17) is 9.72 Å². The number of aromatic nitrogens is 2. The molecule has 0 saturated carbocycles. The molecule has 0 bridgehead atoms. The smallest absolute Gasteiger partial charge is 0.118 e. The summed E-state index contributed by atoms with van der Waals surface area (Å²) < 4.78 is 5.26. The van der Waals surface area contributed by atoms with E-state index >= 15 is 0 Å². The van der Waals surface area contributed by atoms with Gasteiger partial charge in [0.2, 0.25) is 0 Å². The highest BCUT2D eigenvalue weighted by atomic mass is 16.5. The second-order valence-electron chi connectivity index (χ2n) is 6.69. The van der Waals surface area contributed by atoms with E-state index in [9.17, 15) is 0 Å². The first kappa shape index (κ1) is 18.0. The van der Waals surface area contributed by atoms with Gasteiger partial charge in [0.05, 0.1) is 18.3 Å². The van der Waals surface area contributed by atoms with Crippen LogP contribution in [-0.4, -0.2) is 23.6 Å². The van der Waals surface area contributed by atoms with Crippen molar-refractivity contribution in [1.29, 1.82) is 0 Å². The van der Waals surface area contributed by atoms with Crippen LogP contribution in [0.3, 0.4) is 0 Å². The predicted molar refractivity (Wildman–Crippen MR) is 115 cm³/mol. The van der Waals surface area contributed by atoms with Gasteiger partial charge in [-0.3, -0.25) is 4.98 Å². The molecule has 0 aliphatic rings. The Morgan fingerprint density at radius 1 is 0.964 bits per heavy atom. The number of methoxy groups -OCH3 is 1. The van der Waals surface area contributed by atoms with E-state index < -0.39 is 0 Å². The number of hydrogen-bond donors (Lipinski definition) is 1. The number of pyridine rings is 2. The first-order valence-corrected chi connectivity index (χ1v) is 9.50. The van der Waals surface area contributed by atoms with Crippen LogP contribution >= 0.6 is 0 Å². The van der Waals surface area contributed by atoms with Crippen LogP contribution in [0.1, 0.15) is 12.0 Å². The molecule has 28 heavy (non-hydrogen) atoms. The number of nitrogens with zero attached hydrogens (tertiary/aromatic N) is 2. The summed E-state index contributed by atoms with van der Waals surface area (Å²) in [5.74, 6) is 0.846. The third-order valence-electron chi connectivity index (χ3n) is 4.78. The van der Waals surface area contributed by atoms with E-state index in [2.05, 4.69) is 40.6 Å². The maximum absolute atomic E-state index is 5.26. The molecule has 2 aromatic carbocycles. The molecule has 0 spiro atoms. The summed E-state index contributed by atoms with van der Waals surface area (Å²) in [5, 5.41) is 4.75. The van der Waals surface area contributed by atoms with Crippen molar-refractivity contribution >= 4 is 16.6 Å². The van der Waals surface area contributed by atoms with Gasteiger partial charge in [-0.15, -0.1) is 0 Å². The molecule has 0 radical (unpaired) electrons. The van der Waals surface area contributed by atoms with Crippen molar-refractivity contribution in [2.45, 2.75) is 12.8 Å². The molecule has 1 N–H and O–H groups in total. The van der Waals surface area contributed by atoms with Crippen LogP contribution in [0, 0.1) is 0 Å². The van der Waals surface area contributed by atoms with E-state index in [-0.39, 0.29) is 0 Å². The van der Waals surface area contributed by atoms with E-state index in [1.165, 1.54) is 5.56 Å². The lowest BCUT2D eigenvalue weighted by molar-refractivity contribution is 0.415. The van der Waals surface area contributed by atoms with Gasteiger partial charge in [-0.25, -0.2) is 4.98 Å². The highest BCUT2D eigenvalue weighted by molar-refractivity contribution is 5.93. The van der Waals surface area contributed by atoms with Crippen LogP contribution in [0.5, 0.6) is 5.75 Å². The summed E-state index contributed by atoms with van der Waals surface area (Å²) in [7, 11) is 1.68. The fourth-order valence-electron chi connectivity index (χ4n) is 3.29. The molecule has 2 aromatic heterocycles. The van der Waals surface area contributed by atoms with Gasteiger partial charge in [-0.2, -0.15) is 0 Å². The highest BCUT2D eigenvalue weighted by Gasteiger charge is 2.08. The lowest BCUT2D eigenvalue weighted by Gasteiger charge is -2.12. The first-order valence-electron chi connectivity index (χ1n) is 9.50. The first-order chi connectivity index (χ1) is 13.8. The summed E-state index contributed by atoms with van der Waals surface area (Å²) in [4.78, 5) is 9.03. The number of ether oxygens (including phenoxy) is 1. The molecule has 2 heterocycles. The van der Waals surface area contributed by atoms with Crippen LogP contribution in [-0.2, 0) is 6.42 Å². The van der Waals surface area contributed by atoms with Crippen LogP contribution < -0.4 is 10.1 Å². The average Bonchev–Trinajstić information content (AvgIpc) is 2.77. The number of fused-ring (bicyclic) bond motifs is 1. The molecule has 0 saturated heterocycles. The molecule has 140 valence electrons. The van der Waals surface area contributed by atoms with E-state index in [0.29, 0.717) is 0 Å².